The lowest BCUT2D eigenvalue weighted by molar-refractivity contribution is -0.389. The molecular formula is C19H26N4O3. The van der Waals surface area contributed by atoms with E-state index < -0.39 is 4.92 Å². The van der Waals surface area contributed by atoms with Gasteiger partial charge in [-0.1, -0.05) is 45.0 Å². The highest BCUT2D eigenvalue weighted by atomic mass is 16.6. The standard InChI is InChI=1S/C19H26N4O3/c1-4-14(3)15-6-8-16(9-7-15)17(5-2)20-19(24)11-13-22-12-10-18(21-22)23(25)26/h6-10,12,14,17H,4-5,11,13H2,1-3H3,(H,20,24). The minimum Gasteiger partial charge on any atom is -0.358 e. The van der Waals surface area contributed by atoms with Crippen molar-refractivity contribution < 1.29 is 9.72 Å². The Morgan fingerprint density at radius 1 is 1.19 bits per heavy atom. The second kappa shape index (κ2) is 9.12. The van der Waals surface area contributed by atoms with E-state index in [1.54, 1.807) is 0 Å². The van der Waals surface area contributed by atoms with Crippen LogP contribution in [0.1, 0.15) is 63.1 Å². The maximum absolute atomic E-state index is 12.2. The zero-order chi connectivity index (χ0) is 19.1. The summed E-state index contributed by atoms with van der Waals surface area (Å²) in [4.78, 5) is 22.3. The lowest BCUT2D eigenvalue weighted by Crippen LogP contribution is -2.29. The van der Waals surface area contributed by atoms with Crippen molar-refractivity contribution >= 4 is 11.7 Å². The minimum atomic E-state index is -0.549. The summed E-state index contributed by atoms with van der Waals surface area (Å²) in [6, 6.07) is 9.69. The molecule has 0 aliphatic rings. The molecule has 1 aromatic heterocycles. The van der Waals surface area contributed by atoms with Crippen molar-refractivity contribution in [1.82, 2.24) is 15.1 Å². The summed E-state index contributed by atoms with van der Waals surface area (Å²) < 4.78 is 1.42. The van der Waals surface area contributed by atoms with Crippen molar-refractivity contribution in [3.63, 3.8) is 0 Å². The van der Waals surface area contributed by atoms with Gasteiger partial charge in [0, 0.05) is 6.42 Å². The molecular weight excluding hydrogens is 332 g/mol. The number of nitrogens with zero attached hydrogens (tertiary/aromatic N) is 3. The van der Waals surface area contributed by atoms with Crippen LogP contribution in [0.2, 0.25) is 0 Å². The smallest absolute Gasteiger partial charge is 0.358 e. The number of rotatable bonds is 9. The number of hydrogen-bond acceptors (Lipinski definition) is 4. The van der Waals surface area contributed by atoms with Crippen LogP contribution in [0.4, 0.5) is 5.82 Å². The monoisotopic (exact) mass is 358 g/mol. The van der Waals surface area contributed by atoms with E-state index >= 15 is 0 Å². The highest BCUT2D eigenvalue weighted by Gasteiger charge is 2.15. The second-order valence-electron chi connectivity index (χ2n) is 6.45. The third-order valence-corrected chi connectivity index (χ3v) is 4.65. The van der Waals surface area contributed by atoms with Crippen molar-refractivity contribution in [3.8, 4) is 0 Å². The molecule has 1 amide bonds. The van der Waals surface area contributed by atoms with E-state index in [2.05, 4.69) is 48.5 Å². The molecule has 0 fully saturated rings. The molecule has 2 atom stereocenters. The fourth-order valence-corrected chi connectivity index (χ4v) is 2.77. The molecule has 1 aromatic carbocycles. The van der Waals surface area contributed by atoms with Gasteiger partial charge < -0.3 is 15.4 Å². The molecule has 26 heavy (non-hydrogen) atoms. The van der Waals surface area contributed by atoms with E-state index in [-0.39, 0.29) is 24.2 Å². The van der Waals surface area contributed by atoms with Gasteiger partial charge in [-0.25, -0.2) is 0 Å². The van der Waals surface area contributed by atoms with Crippen LogP contribution in [-0.4, -0.2) is 20.6 Å². The summed E-state index contributed by atoms with van der Waals surface area (Å²) >= 11 is 0. The Balaban J connectivity index is 1.91. The molecule has 1 heterocycles. The number of nitrogens with one attached hydrogen (secondary N) is 1. The number of nitro groups is 1. The largest absolute Gasteiger partial charge is 0.389 e. The van der Waals surface area contributed by atoms with Gasteiger partial charge in [0.05, 0.1) is 29.9 Å². The zero-order valence-electron chi connectivity index (χ0n) is 15.5. The average molecular weight is 358 g/mol. The first-order valence-electron chi connectivity index (χ1n) is 9.01. The SMILES string of the molecule is CCC(C)c1ccc(C(CC)NC(=O)CCn2ccc([N+](=O)[O-])n2)cc1. The van der Waals surface area contributed by atoms with E-state index in [1.807, 2.05) is 6.92 Å². The molecule has 1 N–H and O–H groups in total. The van der Waals surface area contributed by atoms with Gasteiger partial charge in [-0.2, -0.15) is 4.68 Å². The van der Waals surface area contributed by atoms with E-state index in [1.165, 1.54) is 22.5 Å². The van der Waals surface area contributed by atoms with Crippen molar-refractivity contribution in [2.24, 2.45) is 0 Å². The first-order valence-corrected chi connectivity index (χ1v) is 9.01. The lowest BCUT2D eigenvalue weighted by atomic mass is 9.95. The molecule has 140 valence electrons. The predicted molar refractivity (Wildman–Crippen MR) is 99.8 cm³/mol. The number of aryl methyl sites for hydroxylation is 1. The molecule has 0 aliphatic heterocycles. The Morgan fingerprint density at radius 2 is 1.85 bits per heavy atom. The van der Waals surface area contributed by atoms with E-state index in [0.717, 1.165) is 18.4 Å². The maximum atomic E-state index is 12.2. The normalized spacial score (nSPS) is 13.2. The van der Waals surface area contributed by atoms with Crippen molar-refractivity contribution in [2.75, 3.05) is 0 Å². The summed E-state index contributed by atoms with van der Waals surface area (Å²) in [5, 5.41) is 17.5. The Kier molecular flexibility index (Phi) is 6.89. The van der Waals surface area contributed by atoms with E-state index in [9.17, 15) is 14.9 Å². The van der Waals surface area contributed by atoms with Crippen molar-refractivity contribution in [1.29, 1.82) is 0 Å². The van der Waals surface area contributed by atoms with Crippen LogP contribution in [0.15, 0.2) is 36.5 Å². The molecule has 0 saturated carbocycles. The lowest BCUT2D eigenvalue weighted by Gasteiger charge is -2.18. The Morgan fingerprint density at radius 3 is 2.38 bits per heavy atom. The van der Waals surface area contributed by atoms with Crippen molar-refractivity contribution in [2.45, 2.75) is 58.5 Å². The molecule has 0 bridgehead atoms. The molecule has 2 unspecified atom stereocenters. The number of aromatic nitrogens is 2. The molecule has 0 aliphatic carbocycles. The number of amides is 1. The highest BCUT2D eigenvalue weighted by molar-refractivity contribution is 5.76. The molecule has 0 radical (unpaired) electrons. The van der Waals surface area contributed by atoms with Crippen LogP contribution < -0.4 is 5.32 Å². The summed E-state index contributed by atoms with van der Waals surface area (Å²) in [5.74, 6) is 0.219. The third kappa shape index (κ3) is 5.15. The maximum Gasteiger partial charge on any atom is 0.389 e. The Hall–Kier alpha value is -2.70. The van der Waals surface area contributed by atoms with Crippen LogP contribution >= 0.6 is 0 Å². The first kappa shape index (κ1) is 19.6. The summed E-state index contributed by atoms with van der Waals surface area (Å²) in [5.41, 5.74) is 2.39. The number of carbonyl (C=O) groups is 1. The van der Waals surface area contributed by atoms with E-state index in [4.69, 9.17) is 0 Å². The zero-order valence-corrected chi connectivity index (χ0v) is 15.5. The summed E-state index contributed by atoms with van der Waals surface area (Å²) in [7, 11) is 0. The molecule has 0 spiro atoms. The van der Waals surface area contributed by atoms with Gasteiger partial charge >= 0.3 is 5.82 Å². The molecule has 2 rings (SSSR count). The number of hydrogen-bond donors (Lipinski definition) is 1. The average Bonchev–Trinajstić information content (AvgIpc) is 3.13. The van der Waals surface area contributed by atoms with Crippen LogP contribution in [0.25, 0.3) is 0 Å². The summed E-state index contributed by atoms with van der Waals surface area (Å²) in [6.45, 7) is 6.71. The highest BCUT2D eigenvalue weighted by Crippen LogP contribution is 2.22. The molecule has 7 heteroatoms. The molecule has 7 nitrogen and oxygen atoms in total. The second-order valence-corrected chi connectivity index (χ2v) is 6.45. The Labute approximate surface area is 153 Å². The van der Waals surface area contributed by atoms with E-state index in [0.29, 0.717) is 12.5 Å². The van der Waals surface area contributed by atoms with Gasteiger partial charge in [0.1, 0.15) is 0 Å². The van der Waals surface area contributed by atoms with Crippen LogP contribution in [-0.2, 0) is 11.3 Å². The first-order chi connectivity index (χ1) is 12.4. The molecule has 0 saturated heterocycles. The van der Waals surface area contributed by atoms with Gasteiger partial charge in [0.15, 0.2) is 0 Å². The number of carbonyl (C=O) groups excluding carboxylic acids is 1. The third-order valence-electron chi connectivity index (χ3n) is 4.65. The van der Waals surface area contributed by atoms with Gasteiger partial charge in [-0.3, -0.25) is 4.79 Å². The number of benzene rings is 1. The van der Waals surface area contributed by atoms with Gasteiger partial charge in [-0.15, -0.1) is 0 Å². The van der Waals surface area contributed by atoms with Crippen LogP contribution in [0, 0.1) is 10.1 Å². The van der Waals surface area contributed by atoms with Gasteiger partial charge in [0.25, 0.3) is 0 Å². The predicted octanol–water partition coefficient (Wildman–Crippen LogP) is 3.96. The topological polar surface area (TPSA) is 90.1 Å². The minimum absolute atomic E-state index is 0.0413. The van der Waals surface area contributed by atoms with Gasteiger partial charge in [-0.05, 0) is 34.8 Å². The fraction of sp³-hybridized carbons (Fsp3) is 0.474. The fourth-order valence-electron chi connectivity index (χ4n) is 2.77. The summed E-state index contributed by atoms with van der Waals surface area (Å²) in [6.07, 6.45) is 3.62. The Bertz CT molecular complexity index is 739. The van der Waals surface area contributed by atoms with Crippen LogP contribution in [0.3, 0.4) is 0 Å². The quantitative estimate of drug-likeness (QED) is 0.542. The van der Waals surface area contributed by atoms with Crippen molar-refractivity contribution in [3.05, 3.63) is 57.8 Å². The van der Waals surface area contributed by atoms with Crippen LogP contribution in [0.5, 0.6) is 0 Å². The molecule has 2 aromatic rings. The van der Waals surface area contributed by atoms with Gasteiger partial charge in [0.2, 0.25) is 5.91 Å².